The Balaban J connectivity index is 2.07. The molecule has 0 saturated carbocycles. The van der Waals surface area contributed by atoms with E-state index < -0.39 is 11.6 Å². The molecule has 0 amide bonds. The van der Waals surface area contributed by atoms with Crippen LogP contribution in [-0.4, -0.2) is 9.78 Å². The average Bonchev–Trinajstić information content (AvgIpc) is 2.75. The zero-order valence-corrected chi connectivity index (χ0v) is 10.6. The third-order valence-electron chi connectivity index (χ3n) is 2.97. The van der Waals surface area contributed by atoms with Crippen LogP contribution in [0.4, 0.5) is 8.78 Å². The average molecular weight is 266 g/mol. The van der Waals surface area contributed by atoms with E-state index in [1.165, 1.54) is 12.1 Å². The van der Waals surface area contributed by atoms with Crippen molar-refractivity contribution in [2.24, 2.45) is 12.9 Å². The fraction of sp³-hybridized carbons (Fsp3) is 0.308. The van der Waals surface area contributed by atoms with Crippen molar-refractivity contribution < 1.29 is 8.78 Å². The Labute approximate surface area is 110 Å². The number of rotatable bonds is 5. The molecule has 6 heteroatoms. The first-order chi connectivity index (χ1) is 9.08. The van der Waals surface area contributed by atoms with Gasteiger partial charge < -0.3 is 0 Å². The van der Waals surface area contributed by atoms with Crippen molar-refractivity contribution in [3.63, 3.8) is 0 Å². The zero-order valence-electron chi connectivity index (χ0n) is 10.6. The summed E-state index contributed by atoms with van der Waals surface area (Å²) in [5.74, 6) is 4.26. The Morgan fingerprint density at radius 3 is 2.53 bits per heavy atom. The van der Waals surface area contributed by atoms with Gasteiger partial charge >= 0.3 is 0 Å². The highest BCUT2D eigenvalue weighted by atomic mass is 19.1. The van der Waals surface area contributed by atoms with Crippen LogP contribution in [0.2, 0.25) is 0 Å². The Morgan fingerprint density at radius 1 is 1.32 bits per heavy atom. The molecule has 1 heterocycles. The van der Waals surface area contributed by atoms with Gasteiger partial charge in [-0.05, 0) is 36.1 Å². The van der Waals surface area contributed by atoms with E-state index >= 15 is 0 Å². The number of aromatic nitrogens is 2. The number of hydrazine groups is 1. The minimum Gasteiger partial charge on any atom is -0.276 e. The molecule has 3 N–H and O–H groups in total. The van der Waals surface area contributed by atoms with Crippen LogP contribution in [0.5, 0.6) is 0 Å². The van der Waals surface area contributed by atoms with Crippen LogP contribution in [-0.2, 0) is 13.5 Å². The predicted octanol–water partition coefficient (Wildman–Crippen LogP) is 1.84. The van der Waals surface area contributed by atoms with E-state index in [4.69, 9.17) is 5.84 Å². The van der Waals surface area contributed by atoms with Gasteiger partial charge in [0.25, 0.3) is 0 Å². The van der Waals surface area contributed by atoms with Crippen molar-refractivity contribution in [2.45, 2.75) is 18.9 Å². The molecule has 2 aromatic rings. The molecule has 0 spiro atoms. The predicted molar refractivity (Wildman–Crippen MR) is 68.0 cm³/mol. The fourth-order valence-corrected chi connectivity index (χ4v) is 2.03. The third kappa shape index (κ3) is 3.59. The maximum atomic E-state index is 13.2. The van der Waals surface area contributed by atoms with Crippen LogP contribution in [0.25, 0.3) is 0 Å². The van der Waals surface area contributed by atoms with Gasteiger partial charge in [0.1, 0.15) is 11.6 Å². The summed E-state index contributed by atoms with van der Waals surface area (Å²) in [5.41, 5.74) is 4.15. The van der Waals surface area contributed by atoms with Gasteiger partial charge in [0.15, 0.2) is 0 Å². The highest BCUT2D eigenvalue weighted by molar-refractivity contribution is 5.21. The number of nitrogens with one attached hydrogen (secondary N) is 1. The molecule has 0 bridgehead atoms. The minimum absolute atomic E-state index is 0.301. The van der Waals surface area contributed by atoms with Gasteiger partial charge in [0, 0.05) is 25.4 Å². The van der Waals surface area contributed by atoms with Crippen LogP contribution in [0.15, 0.2) is 30.6 Å². The van der Waals surface area contributed by atoms with Gasteiger partial charge in [0.2, 0.25) is 0 Å². The first-order valence-electron chi connectivity index (χ1n) is 5.98. The first-order valence-corrected chi connectivity index (χ1v) is 5.98. The first kappa shape index (κ1) is 13.6. The van der Waals surface area contributed by atoms with E-state index in [1.54, 1.807) is 10.9 Å². The van der Waals surface area contributed by atoms with Crippen molar-refractivity contribution in [3.8, 4) is 0 Å². The van der Waals surface area contributed by atoms with Gasteiger partial charge in [-0.1, -0.05) is 0 Å². The lowest BCUT2D eigenvalue weighted by atomic mass is 10.0. The molecule has 0 aliphatic heterocycles. The Bertz CT molecular complexity index is 533. The molecule has 1 aromatic carbocycles. The molecule has 0 aliphatic rings. The van der Waals surface area contributed by atoms with Crippen molar-refractivity contribution in [1.82, 2.24) is 15.2 Å². The van der Waals surface area contributed by atoms with Crippen molar-refractivity contribution in [1.29, 1.82) is 0 Å². The molecule has 1 aromatic heterocycles. The van der Waals surface area contributed by atoms with Gasteiger partial charge in [-0.15, -0.1) is 0 Å². The number of nitrogens with two attached hydrogens (primary N) is 1. The lowest BCUT2D eigenvalue weighted by Gasteiger charge is -2.16. The van der Waals surface area contributed by atoms with Gasteiger partial charge in [-0.2, -0.15) is 5.10 Å². The maximum Gasteiger partial charge on any atom is 0.126 e. The Morgan fingerprint density at radius 2 is 2.00 bits per heavy atom. The summed E-state index contributed by atoms with van der Waals surface area (Å²) in [7, 11) is 1.84. The second-order valence-electron chi connectivity index (χ2n) is 4.48. The van der Waals surface area contributed by atoms with E-state index in [9.17, 15) is 8.78 Å². The molecule has 0 saturated heterocycles. The highest BCUT2D eigenvalue weighted by Gasteiger charge is 2.12. The summed E-state index contributed by atoms with van der Waals surface area (Å²) in [6, 6.07) is 3.12. The maximum absolute atomic E-state index is 13.2. The summed E-state index contributed by atoms with van der Waals surface area (Å²) < 4.78 is 28.0. The molecule has 0 fully saturated rings. The number of halogens is 2. The van der Waals surface area contributed by atoms with Gasteiger partial charge in [0.05, 0.1) is 6.20 Å². The van der Waals surface area contributed by atoms with Crippen LogP contribution in [0.1, 0.15) is 23.6 Å². The minimum atomic E-state index is -0.600. The lowest BCUT2D eigenvalue weighted by molar-refractivity contribution is 0.504. The van der Waals surface area contributed by atoms with E-state index in [0.29, 0.717) is 12.0 Å². The lowest BCUT2D eigenvalue weighted by Crippen LogP contribution is -2.28. The second kappa shape index (κ2) is 5.90. The smallest absolute Gasteiger partial charge is 0.126 e. The molecule has 1 unspecified atom stereocenters. The second-order valence-corrected chi connectivity index (χ2v) is 4.48. The summed E-state index contributed by atoms with van der Waals surface area (Å²) in [5, 5.41) is 4.07. The monoisotopic (exact) mass is 266 g/mol. The quantitative estimate of drug-likeness (QED) is 0.641. The van der Waals surface area contributed by atoms with Gasteiger partial charge in [-0.25, -0.2) is 8.78 Å². The van der Waals surface area contributed by atoms with Gasteiger partial charge in [-0.3, -0.25) is 16.0 Å². The van der Waals surface area contributed by atoms with Crippen molar-refractivity contribution in [3.05, 3.63) is 53.4 Å². The third-order valence-corrected chi connectivity index (χ3v) is 2.97. The molecule has 1 atom stereocenters. The number of hydrogen-bond donors (Lipinski definition) is 2. The zero-order chi connectivity index (χ0) is 13.8. The number of benzene rings is 1. The Kier molecular flexibility index (Phi) is 4.24. The summed E-state index contributed by atoms with van der Waals surface area (Å²) in [6.07, 6.45) is 5.02. The number of aryl methyl sites for hydroxylation is 2. The van der Waals surface area contributed by atoms with E-state index in [1.807, 2.05) is 13.2 Å². The molecule has 102 valence electrons. The van der Waals surface area contributed by atoms with Crippen LogP contribution < -0.4 is 11.3 Å². The molecular formula is C13H16F2N4. The molecule has 2 rings (SSSR count). The summed E-state index contributed by atoms with van der Waals surface area (Å²) >= 11 is 0. The van der Waals surface area contributed by atoms with Crippen molar-refractivity contribution in [2.75, 3.05) is 0 Å². The molecule has 4 nitrogen and oxygen atoms in total. The molecular weight excluding hydrogens is 250 g/mol. The topological polar surface area (TPSA) is 55.9 Å². The van der Waals surface area contributed by atoms with Crippen LogP contribution in [0, 0.1) is 11.6 Å². The standard InChI is InChI=1S/C13H16F2N4/c1-19-8-9(7-17-19)2-3-13(18-16)10-4-11(14)6-12(15)5-10/h4-8,13,18H,2-3,16H2,1H3. The normalized spacial score (nSPS) is 12.6. The molecule has 19 heavy (non-hydrogen) atoms. The number of nitrogens with zero attached hydrogens (tertiary/aromatic N) is 2. The number of hydrogen-bond acceptors (Lipinski definition) is 3. The van der Waals surface area contributed by atoms with Crippen molar-refractivity contribution >= 4 is 0 Å². The van der Waals surface area contributed by atoms with E-state index in [-0.39, 0.29) is 6.04 Å². The largest absolute Gasteiger partial charge is 0.276 e. The molecule has 0 radical (unpaired) electrons. The van der Waals surface area contributed by atoms with Crippen LogP contribution >= 0.6 is 0 Å². The van der Waals surface area contributed by atoms with E-state index in [2.05, 4.69) is 10.5 Å². The highest BCUT2D eigenvalue weighted by Crippen LogP contribution is 2.20. The summed E-state index contributed by atoms with van der Waals surface area (Å²) in [4.78, 5) is 0. The SMILES string of the molecule is Cn1cc(CCC(NN)c2cc(F)cc(F)c2)cn1. The van der Waals surface area contributed by atoms with Crippen LogP contribution in [0.3, 0.4) is 0 Å². The van der Waals surface area contributed by atoms with E-state index in [0.717, 1.165) is 18.1 Å². The Hall–Kier alpha value is -1.79. The fourth-order valence-electron chi connectivity index (χ4n) is 2.03. The molecule has 0 aliphatic carbocycles. The summed E-state index contributed by atoms with van der Waals surface area (Å²) in [6.45, 7) is 0.